The van der Waals surface area contributed by atoms with E-state index in [9.17, 15) is 18.1 Å². The highest BCUT2D eigenvalue weighted by Crippen LogP contribution is 2.36. The van der Waals surface area contributed by atoms with Crippen LogP contribution in [-0.2, 0) is 16.6 Å². The Bertz CT molecular complexity index is 949. The van der Waals surface area contributed by atoms with Crippen LogP contribution in [0.15, 0.2) is 41.3 Å². The number of sulfonamides is 1. The number of hydrogen-bond acceptors (Lipinski definition) is 3. The predicted molar refractivity (Wildman–Crippen MR) is 93.3 cm³/mol. The van der Waals surface area contributed by atoms with Gasteiger partial charge in [0, 0.05) is 28.2 Å². The fourth-order valence-corrected chi connectivity index (χ4v) is 4.82. The highest BCUT2D eigenvalue weighted by Gasteiger charge is 2.39. The quantitative estimate of drug-likeness (QED) is 0.751. The molecule has 0 heterocycles. The van der Waals surface area contributed by atoms with Crippen molar-refractivity contribution < 1.29 is 12.8 Å². The Hall–Kier alpha value is -1.65. The first-order chi connectivity index (χ1) is 11.8. The summed E-state index contributed by atoms with van der Waals surface area (Å²) in [5.41, 5.74) is 0.106. The molecule has 25 heavy (non-hydrogen) atoms. The van der Waals surface area contributed by atoms with Gasteiger partial charge in [0.1, 0.15) is 16.8 Å². The standard InChI is InChI=1S/C17H13Cl2FN2O2S/c18-12-5-4-11(9-21)17(8-12)25(23,24)22(13-6-7-13)10-14-15(19)2-1-3-16(14)20/h1-5,8,13H,6-7,10H2. The maximum Gasteiger partial charge on any atom is 0.245 e. The highest BCUT2D eigenvalue weighted by molar-refractivity contribution is 7.89. The number of halogens is 3. The zero-order chi connectivity index (χ0) is 18.2. The smallest absolute Gasteiger partial charge is 0.207 e. The van der Waals surface area contributed by atoms with Crippen molar-refractivity contribution in [2.45, 2.75) is 30.3 Å². The van der Waals surface area contributed by atoms with Crippen molar-refractivity contribution >= 4 is 33.2 Å². The molecule has 3 rings (SSSR count). The normalized spacial score (nSPS) is 14.5. The van der Waals surface area contributed by atoms with Crippen molar-refractivity contribution in [1.29, 1.82) is 5.26 Å². The van der Waals surface area contributed by atoms with Crippen molar-refractivity contribution in [3.63, 3.8) is 0 Å². The van der Waals surface area contributed by atoms with E-state index in [0.717, 1.165) is 0 Å². The minimum Gasteiger partial charge on any atom is -0.207 e. The molecule has 4 nitrogen and oxygen atoms in total. The molecule has 8 heteroatoms. The van der Waals surface area contributed by atoms with Gasteiger partial charge in [-0.15, -0.1) is 0 Å². The van der Waals surface area contributed by atoms with Crippen LogP contribution < -0.4 is 0 Å². The lowest BCUT2D eigenvalue weighted by Gasteiger charge is -2.23. The molecule has 1 aliphatic carbocycles. The summed E-state index contributed by atoms with van der Waals surface area (Å²) in [7, 11) is -4.03. The third-order valence-corrected chi connectivity index (χ3v) is 6.51. The Morgan fingerprint density at radius 3 is 2.56 bits per heavy atom. The average Bonchev–Trinajstić information content (AvgIpc) is 3.39. The fourth-order valence-electron chi connectivity index (χ4n) is 2.54. The van der Waals surface area contributed by atoms with E-state index in [1.165, 1.54) is 40.7 Å². The largest absolute Gasteiger partial charge is 0.245 e. The Balaban J connectivity index is 2.07. The Morgan fingerprint density at radius 1 is 1.24 bits per heavy atom. The van der Waals surface area contributed by atoms with Crippen LogP contribution in [0.25, 0.3) is 0 Å². The molecule has 0 spiro atoms. The molecule has 1 fully saturated rings. The Labute approximate surface area is 155 Å². The van der Waals surface area contributed by atoms with E-state index >= 15 is 0 Å². The van der Waals surface area contributed by atoms with Crippen LogP contribution in [0.4, 0.5) is 4.39 Å². The summed E-state index contributed by atoms with van der Waals surface area (Å²) >= 11 is 12.0. The second kappa shape index (κ2) is 6.93. The van der Waals surface area contributed by atoms with Gasteiger partial charge in [0.15, 0.2) is 0 Å². The van der Waals surface area contributed by atoms with E-state index < -0.39 is 15.8 Å². The lowest BCUT2D eigenvalue weighted by molar-refractivity contribution is 0.391. The molecule has 0 aliphatic heterocycles. The summed E-state index contributed by atoms with van der Waals surface area (Å²) in [5, 5.41) is 9.59. The van der Waals surface area contributed by atoms with Crippen LogP contribution in [-0.4, -0.2) is 18.8 Å². The summed E-state index contributed by atoms with van der Waals surface area (Å²) in [6.45, 7) is -0.199. The van der Waals surface area contributed by atoms with Gasteiger partial charge in [-0.1, -0.05) is 29.3 Å². The van der Waals surface area contributed by atoms with Crippen molar-refractivity contribution in [3.05, 3.63) is 63.4 Å². The third kappa shape index (κ3) is 3.65. The van der Waals surface area contributed by atoms with Crippen molar-refractivity contribution in [2.24, 2.45) is 0 Å². The molecule has 0 aromatic heterocycles. The van der Waals surface area contributed by atoms with Gasteiger partial charge in [-0.3, -0.25) is 0 Å². The van der Waals surface area contributed by atoms with E-state index in [1.807, 2.05) is 6.07 Å². The molecular weight excluding hydrogens is 386 g/mol. The van der Waals surface area contributed by atoms with Crippen molar-refractivity contribution in [3.8, 4) is 6.07 Å². The topological polar surface area (TPSA) is 61.2 Å². The monoisotopic (exact) mass is 398 g/mol. The molecule has 1 saturated carbocycles. The summed E-state index contributed by atoms with van der Waals surface area (Å²) in [6.07, 6.45) is 1.35. The van der Waals surface area contributed by atoms with E-state index in [0.29, 0.717) is 12.8 Å². The van der Waals surface area contributed by atoms with Gasteiger partial charge >= 0.3 is 0 Å². The maximum atomic E-state index is 14.1. The number of benzene rings is 2. The lowest BCUT2D eigenvalue weighted by atomic mass is 10.2. The second-order valence-electron chi connectivity index (χ2n) is 5.73. The van der Waals surface area contributed by atoms with Gasteiger partial charge in [-0.05, 0) is 43.2 Å². The number of rotatable bonds is 5. The van der Waals surface area contributed by atoms with Gasteiger partial charge in [-0.2, -0.15) is 9.57 Å². The van der Waals surface area contributed by atoms with Crippen LogP contribution in [0.5, 0.6) is 0 Å². The van der Waals surface area contributed by atoms with E-state index in [4.69, 9.17) is 23.2 Å². The molecule has 1 aliphatic rings. The molecule has 0 unspecified atom stereocenters. The van der Waals surface area contributed by atoms with Gasteiger partial charge in [-0.25, -0.2) is 12.8 Å². The van der Waals surface area contributed by atoms with E-state index in [2.05, 4.69) is 0 Å². The van der Waals surface area contributed by atoms with Gasteiger partial charge in [0.2, 0.25) is 10.0 Å². The summed E-state index contributed by atoms with van der Waals surface area (Å²) in [6, 6.07) is 9.88. The minimum atomic E-state index is -4.03. The highest BCUT2D eigenvalue weighted by atomic mass is 35.5. The first-order valence-electron chi connectivity index (χ1n) is 7.49. The molecular formula is C17H13Cl2FN2O2S. The second-order valence-corrected chi connectivity index (χ2v) is 8.44. The average molecular weight is 399 g/mol. The van der Waals surface area contributed by atoms with E-state index in [-0.39, 0.29) is 38.7 Å². The maximum absolute atomic E-state index is 14.1. The Kier molecular flexibility index (Phi) is 5.03. The van der Waals surface area contributed by atoms with Crippen LogP contribution in [0.1, 0.15) is 24.0 Å². The lowest BCUT2D eigenvalue weighted by Crippen LogP contribution is -2.33. The SMILES string of the molecule is N#Cc1ccc(Cl)cc1S(=O)(=O)N(Cc1c(F)cccc1Cl)C1CC1. The predicted octanol–water partition coefficient (Wildman–Crippen LogP) is 4.36. The molecule has 0 atom stereocenters. The molecule has 0 N–H and O–H groups in total. The van der Waals surface area contributed by atoms with Crippen LogP contribution in [0, 0.1) is 17.1 Å². The van der Waals surface area contributed by atoms with Crippen molar-refractivity contribution in [1.82, 2.24) is 4.31 Å². The molecule has 130 valence electrons. The molecule has 0 bridgehead atoms. The van der Waals surface area contributed by atoms with Gasteiger partial charge in [0.25, 0.3) is 0 Å². The molecule has 0 saturated heterocycles. The number of nitriles is 1. The number of hydrogen-bond donors (Lipinski definition) is 0. The van der Waals surface area contributed by atoms with Crippen LogP contribution in [0.3, 0.4) is 0 Å². The third-order valence-electron chi connectivity index (χ3n) is 3.98. The van der Waals surface area contributed by atoms with E-state index in [1.54, 1.807) is 0 Å². The van der Waals surface area contributed by atoms with Gasteiger partial charge in [0.05, 0.1) is 5.56 Å². The van der Waals surface area contributed by atoms with Crippen LogP contribution >= 0.6 is 23.2 Å². The van der Waals surface area contributed by atoms with Crippen LogP contribution in [0.2, 0.25) is 10.0 Å². The molecule has 0 amide bonds. The van der Waals surface area contributed by atoms with Crippen molar-refractivity contribution in [2.75, 3.05) is 0 Å². The zero-order valence-corrected chi connectivity index (χ0v) is 15.2. The fraction of sp³-hybridized carbons (Fsp3) is 0.235. The number of nitrogens with zero attached hydrogens (tertiary/aromatic N) is 2. The van der Waals surface area contributed by atoms with Gasteiger partial charge < -0.3 is 0 Å². The Morgan fingerprint density at radius 2 is 1.96 bits per heavy atom. The molecule has 2 aromatic rings. The first-order valence-corrected chi connectivity index (χ1v) is 9.68. The molecule has 0 radical (unpaired) electrons. The summed E-state index contributed by atoms with van der Waals surface area (Å²) in [4.78, 5) is -0.179. The molecule has 2 aromatic carbocycles. The first kappa shape index (κ1) is 18.2. The zero-order valence-electron chi connectivity index (χ0n) is 12.9. The minimum absolute atomic E-state index is 0.00493. The summed E-state index contributed by atoms with van der Waals surface area (Å²) in [5.74, 6) is -0.569. The summed E-state index contributed by atoms with van der Waals surface area (Å²) < 4.78 is 41.6.